The minimum Gasteiger partial charge on any atom is -0.371 e. The van der Waals surface area contributed by atoms with Gasteiger partial charge in [0.1, 0.15) is 6.10 Å². The van der Waals surface area contributed by atoms with Crippen molar-refractivity contribution in [2.75, 3.05) is 6.61 Å². The van der Waals surface area contributed by atoms with Crippen LogP contribution in [0.15, 0.2) is 17.5 Å². The van der Waals surface area contributed by atoms with Crippen LogP contribution in [0.5, 0.6) is 0 Å². The van der Waals surface area contributed by atoms with Gasteiger partial charge in [-0.05, 0) is 24.3 Å². The summed E-state index contributed by atoms with van der Waals surface area (Å²) >= 11 is 1.74. The smallest absolute Gasteiger partial charge is 0.107 e. The lowest BCUT2D eigenvalue weighted by atomic mass is 10.1. The highest BCUT2D eigenvalue weighted by atomic mass is 32.1. The highest BCUT2D eigenvalue weighted by molar-refractivity contribution is 7.10. The monoisotopic (exact) mass is 283 g/mol. The van der Waals surface area contributed by atoms with Gasteiger partial charge in [-0.15, -0.1) is 11.3 Å². The number of thiophene rings is 1. The number of unbranched alkanes of at least 4 members (excludes halogenated alkanes) is 5. The van der Waals surface area contributed by atoms with Crippen LogP contribution >= 0.6 is 11.3 Å². The van der Waals surface area contributed by atoms with Crippen LogP contribution < -0.4 is 5.73 Å². The highest BCUT2D eigenvalue weighted by Crippen LogP contribution is 2.26. The maximum absolute atomic E-state index is 6.17. The van der Waals surface area contributed by atoms with E-state index in [1.165, 1.54) is 37.0 Å². The molecule has 2 unspecified atom stereocenters. The summed E-state index contributed by atoms with van der Waals surface area (Å²) in [6.45, 7) is 5.21. The molecule has 1 aromatic rings. The summed E-state index contributed by atoms with van der Waals surface area (Å²) in [4.78, 5) is 1.26. The predicted octanol–water partition coefficient (Wildman–Crippen LogP) is 4.90. The second kappa shape index (κ2) is 10.4. The molecule has 0 saturated heterocycles. The van der Waals surface area contributed by atoms with Crippen LogP contribution in [0, 0.1) is 0 Å². The number of nitrogens with two attached hydrogens (primary N) is 1. The summed E-state index contributed by atoms with van der Waals surface area (Å²) in [5, 5.41) is 2.10. The molecular formula is C16H29NOS. The maximum atomic E-state index is 6.17. The highest BCUT2D eigenvalue weighted by Gasteiger charge is 2.19. The maximum Gasteiger partial charge on any atom is 0.107 e. The van der Waals surface area contributed by atoms with Gasteiger partial charge in [0, 0.05) is 17.5 Å². The average molecular weight is 283 g/mol. The Hall–Kier alpha value is -0.380. The number of hydrogen-bond donors (Lipinski definition) is 1. The normalized spacial score (nSPS) is 14.5. The largest absolute Gasteiger partial charge is 0.371 e. The van der Waals surface area contributed by atoms with Crippen molar-refractivity contribution in [3.8, 4) is 0 Å². The second-order valence-electron chi connectivity index (χ2n) is 5.15. The van der Waals surface area contributed by atoms with Crippen molar-refractivity contribution in [2.45, 2.75) is 70.9 Å². The Morgan fingerprint density at radius 1 is 1.16 bits per heavy atom. The Balaban J connectivity index is 2.23. The first-order valence-corrected chi connectivity index (χ1v) is 8.58. The Morgan fingerprint density at radius 2 is 1.89 bits per heavy atom. The van der Waals surface area contributed by atoms with E-state index in [0.717, 1.165) is 19.4 Å². The zero-order chi connectivity index (χ0) is 13.9. The third-order valence-electron chi connectivity index (χ3n) is 3.48. The summed E-state index contributed by atoms with van der Waals surface area (Å²) in [6, 6.07) is 4.31. The van der Waals surface area contributed by atoms with E-state index >= 15 is 0 Å². The molecule has 19 heavy (non-hydrogen) atoms. The quantitative estimate of drug-likeness (QED) is 0.586. The molecule has 0 radical (unpaired) electrons. The van der Waals surface area contributed by atoms with Crippen LogP contribution in [-0.2, 0) is 4.74 Å². The zero-order valence-electron chi connectivity index (χ0n) is 12.4. The van der Waals surface area contributed by atoms with Crippen LogP contribution in [0.1, 0.15) is 69.8 Å². The minimum atomic E-state index is 0.0839. The van der Waals surface area contributed by atoms with E-state index in [9.17, 15) is 0 Å². The van der Waals surface area contributed by atoms with Gasteiger partial charge in [-0.3, -0.25) is 0 Å². The predicted molar refractivity (Wildman–Crippen MR) is 84.7 cm³/mol. The fraction of sp³-hybridized carbons (Fsp3) is 0.750. The fourth-order valence-electron chi connectivity index (χ4n) is 2.18. The Morgan fingerprint density at radius 3 is 2.53 bits per heavy atom. The fourth-order valence-corrected chi connectivity index (χ4v) is 3.03. The molecule has 0 fully saturated rings. The summed E-state index contributed by atoms with van der Waals surface area (Å²) in [6.07, 6.45) is 8.84. The molecule has 0 saturated carbocycles. The van der Waals surface area contributed by atoms with Crippen molar-refractivity contribution >= 4 is 11.3 Å². The van der Waals surface area contributed by atoms with Crippen molar-refractivity contribution in [1.82, 2.24) is 0 Å². The molecule has 2 N–H and O–H groups in total. The van der Waals surface area contributed by atoms with Gasteiger partial charge in [-0.2, -0.15) is 0 Å². The third-order valence-corrected chi connectivity index (χ3v) is 4.41. The molecule has 0 aliphatic heterocycles. The molecule has 1 aromatic heterocycles. The topological polar surface area (TPSA) is 35.2 Å². The molecule has 0 bridgehead atoms. The number of hydrogen-bond acceptors (Lipinski definition) is 3. The molecule has 0 spiro atoms. The Bertz CT molecular complexity index is 300. The van der Waals surface area contributed by atoms with E-state index in [-0.39, 0.29) is 12.1 Å². The van der Waals surface area contributed by atoms with Gasteiger partial charge in [-0.1, -0.05) is 52.0 Å². The van der Waals surface area contributed by atoms with Gasteiger partial charge in [0.2, 0.25) is 0 Å². The van der Waals surface area contributed by atoms with E-state index in [4.69, 9.17) is 10.5 Å². The van der Waals surface area contributed by atoms with Crippen LogP contribution in [-0.4, -0.2) is 12.6 Å². The number of rotatable bonds is 11. The van der Waals surface area contributed by atoms with E-state index < -0.39 is 0 Å². The molecule has 2 atom stereocenters. The van der Waals surface area contributed by atoms with Gasteiger partial charge >= 0.3 is 0 Å². The van der Waals surface area contributed by atoms with Gasteiger partial charge in [-0.25, -0.2) is 0 Å². The molecule has 0 aromatic carbocycles. The summed E-state index contributed by atoms with van der Waals surface area (Å²) in [5.74, 6) is 0. The standard InChI is InChI=1S/C16H29NOS/c1-3-5-6-7-8-9-12-18-16(14(17)4-2)15-11-10-13-19-15/h10-11,13-14,16H,3-9,12,17H2,1-2H3. The number of ether oxygens (including phenoxy) is 1. The minimum absolute atomic E-state index is 0.0839. The molecule has 1 rings (SSSR count). The first-order chi connectivity index (χ1) is 9.29. The van der Waals surface area contributed by atoms with Crippen LogP contribution in [0.2, 0.25) is 0 Å². The summed E-state index contributed by atoms with van der Waals surface area (Å²) in [5.41, 5.74) is 6.17. The first-order valence-electron chi connectivity index (χ1n) is 7.70. The second-order valence-corrected chi connectivity index (χ2v) is 6.13. The van der Waals surface area contributed by atoms with Crippen molar-refractivity contribution < 1.29 is 4.74 Å². The van der Waals surface area contributed by atoms with E-state index in [1.54, 1.807) is 11.3 Å². The van der Waals surface area contributed by atoms with Crippen molar-refractivity contribution in [2.24, 2.45) is 5.73 Å². The zero-order valence-corrected chi connectivity index (χ0v) is 13.3. The molecule has 110 valence electrons. The Kier molecular flexibility index (Phi) is 9.14. The molecule has 0 aliphatic carbocycles. The molecule has 0 amide bonds. The lowest BCUT2D eigenvalue weighted by molar-refractivity contribution is 0.0334. The lowest BCUT2D eigenvalue weighted by Gasteiger charge is -2.22. The SMILES string of the molecule is CCCCCCCCOC(c1cccs1)C(N)CC. The molecule has 1 heterocycles. The Labute approximate surface area is 122 Å². The van der Waals surface area contributed by atoms with Crippen molar-refractivity contribution in [3.05, 3.63) is 22.4 Å². The lowest BCUT2D eigenvalue weighted by Crippen LogP contribution is -2.29. The van der Waals surface area contributed by atoms with E-state index in [2.05, 4.69) is 31.4 Å². The molecule has 3 heteroatoms. The van der Waals surface area contributed by atoms with E-state index in [0.29, 0.717) is 0 Å². The molecule has 2 nitrogen and oxygen atoms in total. The first kappa shape index (κ1) is 16.7. The van der Waals surface area contributed by atoms with Crippen molar-refractivity contribution in [3.63, 3.8) is 0 Å². The van der Waals surface area contributed by atoms with Gasteiger partial charge in [0.15, 0.2) is 0 Å². The third kappa shape index (κ3) is 6.55. The molecule has 0 aliphatic rings. The average Bonchev–Trinajstić information content (AvgIpc) is 2.95. The van der Waals surface area contributed by atoms with Crippen LogP contribution in [0.4, 0.5) is 0 Å². The van der Waals surface area contributed by atoms with Gasteiger partial charge in [0.25, 0.3) is 0 Å². The summed E-state index contributed by atoms with van der Waals surface area (Å²) in [7, 11) is 0. The van der Waals surface area contributed by atoms with Crippen LogP contribution in [0.3, 0.4) is 0 Å². The summed E-state index contributed by atoms with van der Waals surface area (Å²) < 4.78 is 6.03. The van der Waals surface area contributed by atoms with E-state index in [1.807, 2.05) is 0 Å². The van der Waals surface area contributed by atoms with Gasteiger partial charge < -0.3 is 10.5 Å². The van der Waals surface area contributed by atoms with Gasteiger partial charge in [0.05, 0.1) is 0 Å². The van der Waals surface area contributed by atoms with Crippen molar-refractivity contribution in [1.29, 1.82) is 0 Å². The molecular weight excluding hydrogens is 254 g/mol. The van der Waals surface area contributed by atoms with Crippen LogP contribution in [0.25, 0.3) is 0 Å².